The van der Waals surface area contributed by atoms with Gasteiger partial charge in [0.2, 0.25) is 5.75 Å². The van der Waals surface area contributed by atoms with Crippen molar-refractivity contribution >= 4 is 5.97 Å². The molecule has 12 nitrogen and oxygen atoms in total. The van der Waals surface area contributed by atoms with Crippen molar-refractivity contribution < 1.29 is 44.2 Å². The highest BCUT2D eigenvalue weighted by atomic mass is 16.5. The lowest BCUT2D eigenvalue weighted by atomic mass is 9.50. The summed E-state index contributed by atoms with van der Waals surface area (Å²) in [4.78, 5) is 12.8. The largest absolute Gasteiger partial charge is 0.504 e. The maximum Gasteiger partial charge on any atom is 0.304 e. The first-order valence-electron chi connectivity index (χ1n) is 18.5. The number of hydrogen-bond donors (Lipinski definition) is 7. The van der Waals surface area contributed by atoms with Crippen molar-refractivity contribution in [1.29, 1.82) is 0 Å². The summed E-state index contributed by atoms with van der Waals surface area (Å²) < 4.78 is 23.9. The van der Waals surface area contributed by atoms with E-state index in [1.165, 1.54) is 14.2 Å². The first-order valence-corrected chi connectivity index (χ1v) is 18.5. The number of carboxylic acids is 1. The molecule has 0 bridgehead atoms. The van der Waals surface area contributed by atoms with E-state index in [2.05, 4.69) is 23.6 Å². The monoisotopic (exact) mass is 721 g/mol. The Morgan fingerprint density at radius 2 is 1.81 bits per heavy atom. The summed E-state index contributed by atoms with van der Waals surface area (Å²) in [6.45, 7) is 2.86. The van der Waals surface area contributed by atoms with Crippen molar-refractivity contribution in [3.05, 3.63) is 65.0 Å². The molecule has 2 aromatic carbocycles. The number of dihydropyridines is 1. The molecule has 2 saturated heterocycles. The Hall–Kier alpha value is -4.13. The summed E-state index contributed by atoms with van der Waals surface area (Å²) in [5.41, 5.74) is 8.01. The topological polar surface area (TPSA) is 185 Å². The highest BCUT2D eigenvalue weighted by Gasteiger charge is 2.60. The minimum Gasteiger partial charge on any atom is -0.504 e. The number of aliphatic carboxylic acids is 1. The quantitative estimate of drug-likeness (QED) is 0.144. The maximum atomic E-state index is 12.8. The molecule has 6 atom stereocenters. The zero-order valence-electron chi connectivity index (χ0n) is 30.5. The average Bonchev–Trinajstić information content (AvgIpc) is 3.58. The van der Waals surface area contributed by atoms with Crippen LogP contribution in [0.25, 0.3) is 0 Å². The fraction of sp³-hybridized carbons (Fsp3) is 0.575. The molecule has 52 heavy (non-hydrogen) atoms. The van der Waals surface area contributed by atoms with Gasteiger partial charge in [0, 0.05) is 30.5 Å². The van der Waals surface area contributed by atoms with Gasteiger partial charge in [-0.1, -0.05) is 25.0 Å². The van der Waals surface area contributed by atoms with Gasteiger partial charge in [0.25, 0.3) is 0 Å². The van der Waals surface area contributed by atoms with Gasteiger partial charge in [-0.25, -0.2) is 0 Å². The smallest absolute Gasteiger partial charge is 0.304 e. The number of benzene rings is 2. The third-order valence-corrected chi connectivity index (χ3v) is 11.9. The second-order valence-electron chi connectivity index (χ2n) is 15.3. The minimum absolute atomic E-state index is 0.0271. The molecule has 12 heteroatoms. The number of ether oxygens (including phenoxy) is 4. The number of piperidine rings is 1. The summed E-state index contributed by atoms with van der Waals surface area (Å²) in [5, 5.41) is 49.6. The number of nitrogens with two attached hydrogens (primary N) is 1. The molecule has 1 spiro atoms. The molecule has 6 rings (SSSR count). The van der Waals surface area contributed by atoms with Gasteiger partial charge < -0.3 is 55.7 Å². The van der Waals surface area contributed by atoms with Crippen molar-refractivity contribution in [2.75, 3.05) is 27.4 Å². The lowest BCUT2D eigenvalue weighted by Crippen LogP contribution is -2.65. The molecule has 1 saturated carbocycles. The molecule has 0 amide bonds. The van der Waals surface area contributed by atoms with Crippen LogP contribution in [-0.4, -0.2) is 78.1 Å². The number of aromatic hydroxyl groups is 2. The normalized spacial score (nSPS) is 28.4. The fourth-order valence-electron chi connectivity index (χ4n) is 9.56. The summed E-state index contributed by atoms with van der Waals surface area (Å²) >= 11 is 0. The fourth-order valence-corrected chi connectivity index (χ4v) is 9.56. The number of hydrogen-bond acceptors (Lipinski definition) is 11. The molecule has 0 unspecified atom stereocenters. The summed E-state index contributed by atoms with van der Waals surface area (Å²) in [6.07, 6.45) is 10.2. The van der Waals surface area contributed by atoms with Crippen molar-refractivity contribution in [3.8, 4) is 28.7 Å². The SMILES string of the molecule is COc1cc(CC[C@H]2C[C@H](O)C[C@@H](c3cc(OC)c(O)c(OC[C@H]4N[C@@H](C)CC5(CCCC5)[C@@]4(CC(=O)O)CC4=CCNC(N)=C4)c3)O2)ccc1O. The van der Waals surface area contributed by atoms with Crippen LogP contribution in [0.2, 0.25) is 0 Å². The Labute approximate surface area is 306 Å². The van der Waals surface area contributed by atoms with Crippen LogP contribution < -0.4 is 30.6 Å². The van der Waals surface area contributed by atoms with Crippen LogP contribution in [0.5, 0.6) is 28.7 Å². The van der Waals surface area contributed by atoms with Crippen molar-refractivity contribution in [2.45, 2.75) is 108 Å². The average molecular weight is 722 g/mol. The Balaban J connectivity index is 1.26. The van der Waals surface area contributed by atoms with E-state index in [1.807, 2.05) is 12.1 Å². The number of allylic oxidation sites excluding steroid dienone is 2. The van der Waals surface area contributed by atoms with Crippen molar-refractivity contribution in [3.63, 3.8) is 0 Å². The molecule has 4 aliphatic rings. The third kappa shape index (κ3) is 7.94. The first kappa shape index (κ1) is 37.6. The number of aryl methyl sites for hydroxylation is 1. The molecule has 0 aromatic heterocycles. The highest BCUT2D eigenvalue weighted by Crippen LogP contribution is 2.62. The lowest BCUT2D eigenvalue weighted by molar-refractivity contribution is -0.148. The van der Waals surface area contributed by atoms with Gasteiger partial charge in [-0.2, -0.15) is 0 Å². The van der Waals surface area contributed by atoms with Gasteiger partial charge in [0.15, 0.2) is 23.0 Å². The Bertz CT molecular complexity index is 1650. The van der Waals surface area contributed by atoms with Crippen molar-refractivity contribution in [2.24, 2.45) is 16.6 Å². The van der Waals surface area contributed by atoms with E-state index < -0.39 is 23.6 Å². The maximum absolute atomic E-state index is 12.8. The van der Waals surface area contributed by atoms with Gasteiger partial charge in [-0.05, 0) is 104 Å². The molecular weight excluding hydrogens is 666 g/mol. The Morgan fingerprint density at radius 3 is 2.52 bits per heavy atom. The summed E-state index contributed by atoms with van der Waals surface area (Å²) in [6, 6.07) is 8.52. The lowest BCUT2D eigenvalue weighted by Gasteiger charge is -2.58. The van der Waals surface area contributed by atoms with E-state index in [9.17, 15) is 25.2 Å². The molecule has 3 fully saturated rings. The molecule has 0 radical (unpaired) electrons. The van der Waals surface area contributed by atoms with Gasteiger partial charge >= 0.3 is 5.97 Å². The number of phenols is 2. The summed E-state index contributed by atoms with van der Waals surface area (Å²) in [5.74, 6) is 0.485. The molecule has 3 heterocycles. The van der Waals surface area contributed by atoms with E-state index in [-0.39, 0.29) is 59.6 Å². The first-order chi connectivity index (χ1) is 24.9. The van der Waals surface area contributed by atoms with Crippen molar-refractivity contribution in [1.82, 2.24) is 10.6 Å². The van der Waals surface area contributed by atoms with Crippen LogP contribution >= 0.6 is 0 Å². The molecule has 2 aromatic rings. The van der Waals surface area contributed by atoms with E-state index in [1.54, 1.807) is 24.3 Å². The predicted octanol–water partition coefficient (Wildman–Crippen LogP) is 5.20. The molecule has 8 N–H and O–H groups in total. The van der Waals surface area contributed by atoms with E-state index >= 15 is 0 Å². The number of methoxy groups -OCH3 is 2. The molecule has 284 valence electrons. The standard InChI is InChI=1S/C40H55N3O9/c1-24-20-39(11-4-5-12-39)40(22-37(46)47,21-26-10-13-42-36(41)15-26)35(43-24)23-51-34-17-27(16-33(50-3)38(34)48)31-19-28(44)18-29(52-31)8-6-25-7-9-30(45)32(14-25)49-2/h7,9-10,14-17,24,28-29,31,35,42-45,48H,4-6,8,11-13,18-23,41H2,1-3H3,(H,46,47)/t24-,28-,29-,31-,35+,40+/m0/s1. The summed E-state index contributed by atoms with van der Waals surface area (Å²) in [7, 11) is 2.99. The van der Waals surface area contributed by atoms with Crippen LogP contribution in [0.3, 0.4) is 0 Å². The zero-order valence-corrected chi connectivity index (χ0v) is 30.5. The van der Waals surface area contributed by atoms with Crippen LogP contribution in [-0.2, 0) is 16.0 Å². The number of rotatable bonds is 13. The van der Waals surface area contributed by atoms with Crippen LogP contribution in [0, 0.1) is 10.8 Å². The Kier molecular flexibility index (Phi) is 11.5. The predicted molar refractivity (Wildman–Crippen MR) is 196 cm³/mol. The second-order valence-corrected chi connectivity index (χ2v) is 15.3. The number of carbonyl (C=O) groups is 1. The zero-order chi connectivity index (χ0) is 37.0. The number of aliphatic hydroxyl groups is 1. The van der Waals surface area contributed by atoms with Gasteiger partial charge in [0.05, 0.1) is 44.8 Å². The van der Waals surface area contributed by atoms with Crippen LogP contribution in [0.1, 0.15) is 88.4 Å². The molecule has 3 aliphatic heterocycles. The van der Waals surface area contributed by atoms with Gasteiger partial charge in [-0.15, -0.1) is 0 Å². The van der Waals surface area contributed by atoms with E-state index in [0.717, 1.165) is 43.2 Å². The highest BCUT2D eigenvalue weighted by molar-refractivity contribution is 5.68. The van der Waals surface area contributed by atoms with Crippen LogP contribution in [0.4, 0.5) is 0 Å². The van der Waals surface area contributed by atoms with Gasteiger partial charge in [-0.3, -0.25) is 4.79 Å². The number of phenolic OH excluding ortho intramolecular Hbond substituents is 2. The molecule has 1 aliphatic carbocycles. The number of carboxylic acid groups (broad SMARTS) is 1. The van der Waals surface area contributed by atoms with E-state index in [0.29, 0.717) is 55.8 Å². The number of aliphatic hydroxyl groups excluding tert-OH is 1. The van der Waals surface area contributed by atoms with Gasteiger partial charge in [0.1, 0.15) is 6.61 Å². The minimum atomic E-state index is -0.849. The third-order valence-electron chi connectivity index (χ3n) is 11.9. The second kappa shape index (κ2) is 15.9. The Morgan fingerprint density at radius 1 is 1.06 bits per heavy atom. The molecular formula is C40H55N3O9. The number of nitrogens with one attached hydrogen (secondary N) is 2. The van der Waals surface area contributed by atoms with Crippen LogP contribution in [0.15, 0.2) is 53.9 Å². The van der Waals surface area contributed by atoms with E-state index in [4.69, 9.17) is 24.7 Å².